The Bertz CT molecular complexity index is 69.4. The van der Waals surface area contributed by atoms with E-state index < -0.39 is 6.52 Å². The van der Waals surface area contributed by atoms with Crippen molar-refractivity contribution in [2.24, 2.45) is 0 Å². The molecule has 0 saturated carbocycles. The van der Waals surface area contributed by atoms with E-state index in [1.165, 1.54) is 0 Å². The molecule has 0 aliphatic carbocycles. The van der Waals surface area contributed by atoms with Crippen LogP contribution < -0.4 is 0 Å². The van der Waals surface area contributed by atoms with Crippen molar-refractivity contribution >= 4 is 0 Å². The van der Waals surface area contributed by atoms with Gasteiger partial charge in [-0.15, -0.1) is 0 Å². The summed E-state index contributed by atoms with van der Waals surface area (Å²) in [6.45, 7) is 0.827. The van der Waals surface area contributed by atoms with Gasteiger partial charge in [-0.05, 0) is 13.8 Å². The molecule has 0 aromatic carbocycles. The highest BCUT2D eigenvalue weighted by Crippen LogP contribution is 1.93. The van der Waals surface area contributed by atoms with E-state index >= 15 is 0 Å². The van der Waals surface area contributed by atoms with Gasteiger partial charge in [0.15, 0.2) is 0 Å². The zero-order chi connectivity index (χ0) is 7.33. The second kappa shape index (κ2) is 5.00. The molecule has 0 fully saturated rings. The Labute approximate surface area is 50.0 Å². The van der Waals surface area contributed by atoms with E-state index in [-0.39, 0.29) is 13.2 Å². The van der Waals surface area contributed by atoms with Gasteiger partial charge >= 0.3 is 6.52 Å². The summed E-state index contributed by atoms with van der Waals surface area (Å²) in [4.78, 5) is 0. The molecule has 0 saturated heterocycles. The monoisotopic (exact) mass is 123 g/mol. The molecule has 50 valence electrons. The van der Waals surface area contributed by atoms with E-state index in [1.54, 1.807) is 13.8 Å². The molecule has 0 aromatic rings. The Balaban J connectivity index is 3.43. The van der Waals surface area contributed by atoms with E-state index in [1.807, 2.05) is 0 Å². The molecule has 0 aliphatic heterocycles. The van der Waals surface area contributed by atoms with Crippen molar-refractivity contribution in [3.05, 3.63) is 0 Å². The van der Waals surface area contributed by atoms with Crippen molar-refractivity contribution in [1.29, 1.82) is 0 Å². The molecule has 0 heterocycles. The molecule has 0 N–H and O–H groups in total. The summed E-state index contributed by atoms with van der Waals surface area (Å²) in [5.74, 6) is 0. The number of alkyl halides is 1. The number of halogens is 1. The summed E-state index contributed by atoms with van der Waals surface area (Å²) >= 11 is 0. The third-order valence-electron chi connectivity index (χ3n) is 0.516. The van der Waals surface area contributed by atoms with Crippen LogP contribution in [0.5, 0.6) is 0 Å². The molecular weight excluding hydrogens is 111 g/mol. The lowest BCUT2D eigenvalue weighted by atomic mass is 10.8. The molecule has 2 nitrogen and oxygen atoms in total. The zero-order valence-electron chi connectivity index (χ0n) is 6.11. The Morgan fingerprint density at radius 3 is 2.12 bits per heavy atom. The van der Waals surface area contributed by atoms with Crippen LogP contribution in [0.4, 0.5) is 4.39 Å². The Morgan fingerprint density at radius 2 is 1.88 bits per heavy atom. The number of hydrogen-bond acceptors (Lipinski definition) is 2. The summed E-state index contributed by atoms with van der Waals surface area (Å²) in [6, 6.07) is 0. The minimum absolute atomic E-state index is 0.139. The normalized spacial score (nSPS) is 13.6. The van der Waals surface area contributed by atoms with Crippen LogP contribution >= 0.6 is 0 Å². The van der Waals surface area contributed by atoms with Gasteiger partial charge in [-0.3, -0.25) is 0 Å². The fourth-order valence-corrected chi connectivity index (χ4v) is 0.269. The number of rotatable bonds is 4. The van der Waals surface area contributed by atoms with Crippen LogP contribution in [0.25, 0.3) is 0 Å². The molecule has 0 radical (unpaired) electrons. The SMILES string of the molecule is [2H]C(F)(OCC)OCC. The van der Waals surface area contributed by atoms with Crippen LogP contribution in [-0.4, -0.2) is 19.7 Å². The summed E-state index contributed by atoms with van der Waals surface area (Å²) in [5, 5.41) is 0. The maximum absolute atomic E-state index is 12.3. The molecule has 0 unspecified atom stereocenters. The standard InChI is InChI=1S/C5H11FO2/c1-3-7-5(6)8-4-2/h5H,3-4H2,1-2H3/i5D. The quantitative estimate of drug-likeness (QED) is 0.525. The lowest BCUT2D eigenvalue weighted by molar-refractivity contribution is -0.213. The highest BCUT2D eigenvalue weighted by Gasteiger charge is 2.00. The van der Waals surface area contributed by atoms with Gasteiger partial charge in [0, 0.05) is 13.2 Å². The molecule has 8 heavy (non-hydrogen) atoms. The first-order valence-electron chi connectivity index (χ1n) is 3.09. The van der Waals surface area contributed by atoms with Gasteiger partial charge in [0.1, 0.15) is 1.37 Å². The smallest absolute Gasteiger partial charge is 0.309 e. The van der Waals surface area contributed by atoms with E-state index in [0.29, 0.717) is 0 Å². The maximum atomic E-state index is 12.3. The summed E-state index contributed by atoms with van der Waals surface area (Å²) in [5.41, 5.74) is 0. The average Bonchev–Trinajstić information content (AvgIpc) is 1.64. The minimum Gasteiger partial charge on any atom is -0.327 e. The van der Waals surface area contributed by atoms with Gasteiger partial charge in [-0.2, -0.15) is 4.39 Å². The largest absolute Gasteiger partial charge is 0.327 e. The first-order chi connectivity index (χ1) is 4.12. The topological polar surface area (TPSA) is 18.5 Å². The number of hydrogen-bond donors (Lipinski definition) is 0. The lowest BCUT2D eigenvalue weighted by Crippen LogP contribution is -2.10. The van der Waals surface area contributed by atoms with Gasteiger partial charge in [0.25, 0.3) is 0 Å². The number of ether oxygens (including phenoxy) is 2. The van der Waals surface area contributed by atoms with Crippen LogP contribution in [0.15, 0.2) is 0 Å². The summed E-state index contributed by atoms with van der Waals surface area (Å²) < 4.78 is 27.4. The third kappa shape index (κ3) is 4.02. The molecule has 0 amide bonds. The van der Waals surface area contributed by atoms with Crippen molar-refractivity contribution in [2.45, 2.75) is 20.4 Å². The first kappa shape index (κ1) is 5.98. The highest BCUT2D eigenvalue weighted by atomic mass is 19.2. The predicted octanol–water partition coefficient (Wildman–Crippen LogP) is 1.31. The van der Waals surface area contributed by atoms with E-state index in [0.717, 1.165) is 0 Å². The molecule has 0 bridgehead atoms. The van der Waals surface area contributed by atoms with Crippen molar-refractivity contribution in [3.63, 3.8) is 0 Å². The molecule has 0 aliphatic rings. The molecule has 3 heteroatoms. The van der Waals surface area contributed by atoms with E-state index in [2.05, 4.69) is 9.47 Å². The van der Waals surface area contributed by atoms with Crippen molar-refractivity contribution < 1.29 is 15.2 Å². The average molecular weight is 123 g/mol. The van der Waals surface area contributed by atoms with Crippen LogP contribution in [0.1, 0.15) is 15.2 Å². The molecule has 0 aromatic heterocycles. The van der Waals surface area contributed by atoms with Gasteiger partial charge in [0.05, 0.1) is 0 Å². The minimum atomic E-state index is -2.65. The van der Waals surface area contributed by atoms with E-state index in [9.17, 15) is 4.39 Å². The molecule has 0 spiro atoms. The Kier molecular flexibility index (Phi) is 3.73. The predicted molar refractivity (Wildman–Crippen MR) is 28.1 cm³/mol. The molecule has 0 rings (SSSR count). The summed E-state index contributed by atoms with van der Waals surface area (Å²) in [6.07, 6.45) is 0. The maximum Gasteiger partial charge on any atom is 0.309 e. The van der Waals surface area contributed by atoms with Crippen molar-refractivity contribution in [1.82, 2.24) is 0 Å². The van der Waals surface area contributed by atoms with Crippen molar-refractivity contribution in [2.75, 3.05) is 13.2 Å². The van der Waals surface area contributed by atoms with Gasteiger partial charge in [-0.1, -0.05) is 0 Å². The molecule has 0 atom stereocenters. The second-order valence-corrected chi connectivity index (χ2v) is 1.10. The zero-order valence-corrected chi connectivity index (χ0v) is 5.11. The fourth-order valence-electron chi connectivity index (χ4n) is 0.269. The first-order valence-corrected chi connectivity index (χ1v) is 2.59. The van der Waals surface area contributed by atoms with Crippen LogP contribution in [-0.2, 0) is 9.47 Å². The van der Waals surface area contributed by atoms with Crippen LogP contribution in [0.2, 0.25) is 0 Å². The Hall–Kier alpha value is -0.150. The Morgan fingerprint density at radius 1 is 1.50 bits per heavy atom. The van der Waals surface area contributed by atoms with Crippen molar-refractivity contribution in [3.8, 4) is 0 Å². The molecular formula is C5H11FO2. The lowest BCUT2D eigenvalue weighted by Gasteiger charge is -2.05. The van der Waals surface area contributed by atoms with E-state index in [4.69, 9.17) is 1.37 Å². The second-order valence-electron chi connectivity index (χ2n) is 1.10. The van der Waals surface area contributed by atoms with Crippen LogP contribution in [0.3, 0.4) is 0 Å². The fraction of sp³-hybridized carbons (Fsp3) is 1.00. The summed E-state index contributed by atoms with van der Waals surface area (Å²) in [7, 11) is 0. The van der Waals surface area contributed by atoms with Crippen LogP contribution in [0, 0.1) is 0 Å². The highest BCUT2D eigenvalue weighted by molar-refractivity contribution is 4.16. The third-order valence-corrected chi connectivity index (χ3v) is 0.516. The van der Waals surface area contributed by atoms with Gasteiger partial charge < -0.3 is 9.47 Å². The van der Waals surface area contributed by atoms with Gasteiger partial charge in [0.2, 0.25) is 0 Å². The van der Waals surface area contributed by atoms with Gasteiger partial charge in [-0.25, -0.2) is 0 Å².